The van der Waals surface area contributed by atoms with E-state index in [0.717, 1.165) is 23.3 Å². The molecule has 0 N–H and O–H groups in total. The molecule has 7 heteroatoms. The monoisotopic (exact) mass is 457 g/mol. The van der Waals surface area contributed by atoms with Gasteiger partial charge in [0.15, 0.2) is 0 Å². The van der Waals surface area contributed by atoms with Gasteiger partial charge < -0.3 is 0 Å². The number of hydrogen-bond donors (Lipinski definition) is 0. The Morgan fingerprint density at radius 2 is 1.59 bits per heavy atom. The number of halogens is 3. The van der Waals surface area contributed by atoms with E-state index in [4.69, 9.17) is 0 Å². The van der Waals surface area contributed by atoms with Crippen LogP contribution in [0.5, 0.6) is 0 Å². The van der Waals surface area contributed by atoms with E-state index in [2.05, 4.69) is 0 Å². The molecule has 1 heterocycles. The maximum absolute atomic E-state index is 13.7. The molecule has 0 bridgehead atoms. The minimum atomic E-state index is -4.51. The van der Waals surface area contributed by atoms with Crippen molar-refractivity contribution < 1.29 is 21.6 Å². The van der Waals surface area contributed by atoms with E-state index in [1.54, 1.807) is 12.1 Å². The second-order valence-electron chi connectivity index (χ2n) is 8.07. The molecule has 3 aromatic carbocycles. The molecule has 0 amide bonds. The molecule has 4 aromatic rings. The third kappa shape index (κ3) is 4.17. The molecule has 166 valence electrons. The third-order valence-corrected chi connectivity index (χ3v) is 7.21. The average molecular weight is 458 g/mol. The van der Waals surface area contributed by atoms with Gasteiger partial charge in [0.25, 0.3) is 10.0 Å². The SMILES string of the molecule is CC(C)c1cccc(S(=O)(=O)n2c(Cc3ccccc3)cc3cc(C(F)(F)F)ccc32)c1. The fraction of sp³-hybridized carbons (Fsp3) is 0.200. The van der Waals surface area contributed by atoms with E-state index < -0.39 is 21.8 Å². The predicted molar refractivity (Wildman–Crippen MR) is 119 cm³/mol. The van der Waals surface area contributed by atoms with Crippen LogP contribution < -0.4 is 0 Å². The lowest BCUT2D eigenvalue weighted by molar-refractivity contribution is -0.137. The fourth-order valence-corrected chi connectivity index (χ4v) is 5.37. The summed E-state index contributed by atoms with van der Waals surface area (Å²) >= 11 is 0. The highest BCUT2D eigenvalue weighted by Gasteiger charge is 2.32. The van der Waals surface area contributed by atoms with Crippen molar-refractivity contribution in [2.24, 2.45) is 0 Å². The van der Waals surface area contributed by atoms with E-state index in [1.165, 1.54) is 22.2 Å². The first-order chi connectivity index (χ1) is 15.1. The van der Waals surface area contributed by atoms with Crippen molar-refractivity contribution in [3.05, 3.63) is 101 Å². The summed E-state index contributed by atoms with van der Waals surface area (Å²) in [5.74, 6) is 0.129. The van der Waals surface area contributed by atoms with Crippen LogP contribution in [-0.4, -0.2) is 12.4 Å². The van der Waals surface area contributed by atoms with Gasteiger partial charge in [-0.15, -0.1) is 0 Å². The Morgan fingerprint density at radius 3 is 2.25 bits per heavy atom. The summed E-state index contributed by atoms with van der Waals surface area (Å²) in [5.41, 5.74) is 1.54. The first-order valence-corrected chi connectivity index (χ1v) is 11.6. The molecular formula is C25H22F3NO2S. The second kappa shape index (κ2) is 8.13. The lowest BCUT2D eigenvalue weighted by atomic mass is 10.0. The molecule has 0 fully saturated rings. The Bertz CT molecular complexity index is 1370. The minimum Gasteiger partial charge on any atom is -0.238 e. The zero-order valence-electron chi connectivity index (χ0n) is 17.6. The van der Waals surface area contributed by atoms with Crippen LogP contribution in [0, 0.1) is 0 Å². The van der Waals surface area contributed by atoms with E-state index in [9.17, 15) is 21.6 Å². The lowest BCUT2D eigenvalue weighted by Gasteiger charge is -2.14. The molecule has 4 rings (SSSR count). The largest absolute Gasteiger partial charge is 0.416 e. The molecule has 32 heavy (non-hydrogen) atoms. The van der Waals surface area contributed by atoms with E-state index >= 15 is 0 Å². The van der Waals surface area contributed by atoms with Gasteiger partial charge in [-0.3, -0.25) is 0 Å². The summed E-state index contributed by atoms with van der Waals surface area (Å²) in [6.45, 7) is 3.94. The Morgan fingerprint density at radius 1 is 0.875 bits per heavy atom. The molecule has 0 atom stereocenters. The van der Waals surface area contributed by atoms with Crippen LogP contribution in [0.1, 0.15) is 42.1 Å². The van der Waals surface area contributed by atoms with Crippen LogP contribution in [0.15, 0.2) is 83.8 Å². The van der Waals surface area contributed by atoms with Crippen LogP contribution in [0.25, 0.3) is 10.9 Å². The average Bonchev–Trinajstić information content (AvgIpc) is 3.11. The topological polar surface area (TPSA) is 39.1 Å². The molecule has 0 aliphatic carbocycles. The Hall–Kier alpha value is -3.06. The highest BCUT2D eigenvalue weighted by Crippen LogP contribution is 2.34. The van der Waals surface area contributed by atoms with E-state index in [1.807, 2.05) is 50.2 Å². The van der Waals surface area contributed by atoms with Crippen molar-refractivity contribution in [2.45, 2.75) is 37.3 Å². The quantitative estimate of drug-likeness (QED) is 0.338. The number of nitrogens with zero attached hydrogens (tertiary/aromatic N) is 1. The van der Waals surface area contributed by atoms with Crippen molar-refractivity contribution in [3.63, 3.8) is 0 Å². The normalized spacial score (nSPS) is 12.6. The van der Waals surface area contributed by atoms with Gasteiger partial charge in [0.1, 0.15) is 0 Å². The zero-order chi connectivity index (χ0) is 23.1. The Labute approximate surface area is 185 Å². The van der Waals surface area contributed by atoms with Gasteiger partial charge in [0.2, 0.25) is 0 Å². The number of aromatic nitrogens is 1. The number of alkyl halides is 3. The summed E-state index contributed by atoms with van der Waals surface area (Å²) in [6.07, 6.45) is -4.25. The van der Waals surface area contributed by atoms with E-state index in [-0.39, 0.29) is 28.1 Å². The van der Waals surface area contributed by atoms with E-state index in [0.29, 0.717) is 5.69 Å². The van der Waals surface area contributed by atoms with Gasteiger partial charge in [-0.2, -0.15) is 13.2 Å². The maximum Gasteiger partial charge on any atom is 0.416 e. The molecule has 0 aliphatic heterocycles. The summed E-state index contributed by atoms with van der Waals surface area (Å²) in [4.78, 5) is 0.107. The van der Waals surface area contributed by atoms with Crippen LogP contribution in [0.4, 0.5) is 13.2 Å². The summed E-state index contributed by atoms with van der Waals surface area (Å²) in [5, 5.41) is 0.231. The van der Waals surface area contributed by atoms with Crippen molar-refractivity contribution in [1.82, 2.24) is 3.97 Å². The van der Waals surface area contributed by atoms with Gasteiger partial charge >= 0.3 is 6.18 Å². The predicted octanol–water partition coefficient (Wildman–Crippen LogP) is 6.61. The number of fused-ring (bicyclic) bond motifs is 1. The number of hydrogen-bond acceptors (Lipinski definition) is 2. The zero-order valence-corrected chi connectivity index (χ0v) is 18.4. The molecule has 0 saturated carbocycles. The smallest absolute Gasteiger partial charge is 0.238 e. The first-order valence-electron chi connectivity index (χ1n) is 10.2. The highest BCUT2D eigenvalue weighted by molar-refractivity contribution is 7.90. The van der Waals surface area contributed by atoms with Gasteiger partial charge in [-0.25, -0.2) is 12.4 Å². The van der Waals surface area contributed by atoms with Crippen molar-refractivity contribution >= 4 is 20.9 Å². The van der Waals surface area contributed by atoms with Gasteiger partial charge in [-0.1, -0.05) is 56.3 Å². The van der Waals surface area contributed by atoms with Gasteiger partial charge in [-0.05, 0) is 53.4 Å². The number of rotatable bonds is 5. The van der Waals surface area contributed by atoms with Crippen molar-refractivity contribution in [1.29, 1.82) is 0 Å². The molecule has 0 radical (unpaired) electrons. The standard InChI is InChI=1S/C25H22F3NO2S/c1-17(2)19-9-6-10-23(16-19)32(30,31)29-22(13-18-7-4-3-5-8-18)15-20-14-21(25(26,27)28)11-12-24(20)29/h3-12,14-17H,13H2,1-2H3. The van der Waals surface area contributed by atoms with Crippen LogP contribution in [0.2, 0.25) is 0 Å². The summed E-state index contributed by atoms with van der Waals surface area (Å²) in [7, 11) is -4.04. The maximum atomic E-state index is 13.7. The molecular weight excluding hydrogens is 435 g/mol. The fourth-order valence-electron chi connectivity index (χ4n) is 3.78. The van der Waals surface area contributed by atoms with Gasteiger partial charge in [0, 0.05) is 17.5 Å². The summed E-state index contributed by atoms with van der Waals surface area (Å²) in [6, 6.07) is 20.6. The van der Waals surface area contributed by atoms with Crippen molar-refractivity contribution in [3.8, 4) is 0 Å². The molecule has 1 aromatic heterocycles. The molecule has 0 aliphatic rings. The van der Waals surface area contributed by atoms with Crippen LogP contribution in [-0.2, 0) is 22.6 Å². The Kier molecular flexibility index (Phi) is 5.63. The van der Waals surface area contributed by atoms with Crippen molar-refractivity contribution in [2.75, 3.05) is 0 Å². The van der Waals surface area contributed by atoms with Crippen LogP contribution in [0.3, 0.4) is 0 Å². The van der Waals surface area contributed by atoms with Gasteiger partial charge in [0.05, 0.1) is 16.0 Å². The molecule has 0 unspecified atom stereocenters. The number of benzene rings is 3. The molecule has 0 saturated heterocycles. The summed E-state index contributed by atoms with van der Waals surface area (Å²) < 4.78 is 68.4. The molecule has 0 spiro atoms. The third-order valence-electron chi connectivity index (χ3n) is 5.45. The van der Waals surface area contributed by atoms with Crippen LogP contribution >= 0.6 is 0 Å². The molecule has 3 nitrogen and oxygen atoms in total. The first kappa shape index (κ1) is 22.1. The minimum absolute atomic E-state index is 0.107. The lowest BCUT2D eigenvalue weighted by Crippen LogP contribution is -2.16. The highest BCUT2D eigenvalue weighted by atomic mass is 32.2. The Balaban J connectivity index is 1.95. The second-order valence-corrected chi connectivity index (χ2v) is 9.85.